The lowest BCUT2D eigenvalue weighted by atomic mass is 10.0. The summed E-state index contributed by atoms with van der Waals surface area (Å²) in [5.41, 5.74) is 0.598. The highest BCUT2D eigenvalue weighted by atomic mass is 35.5. The zero-order chi connectivity index (χ0) is 19.8. The molecule has 0 spiro atoms. The zero-order valence-electron chi connectivity index (χ0n) is 15.8. The summed E-state index contributed by atoms with van der Waals surface area (Å²) in [6, 6.07) is 16.6. The number of amides is 2. The van der Waals surface area contributed by atoms with Crippen LogP contribution in [0.4, 0.5) is 0 Å². The number of piperidine rings is 1. The summed E-state index contributed by atoms with van der Waals surface area (Å²) < 4.78 is 5.63. The summed E-state index contributed by atoms with van der Waals surface area (Å²) in [7, 11) is 0. The van der Waals surface area contributed by atoms with Gasteiger partial charge in [0.05, 0.1) is 6.61 Å². The molecule has 1 aliphatic heterocycles. The van der Waals surface area contributed by atoms with E-state index in [-0.39, 0.29) is 17.9 Å². The molecule has 148 valence electrons. The Kier molecular flexibility index (Phi) is 7.31. The van der Waals surface area contributed by atoms with E-state index in [0.29, 0.717) is 43.1 Å². The lowest BCUT2D eigenvalue weighted by Gasteiger charge is -2.32. The predicted molar refractivity (Wildman–Crippen MR) is 110 cm³/mol. The van der Waals surface area contributed by atoms with Gasteiger partial charge in [-0.15, -0.1) is 0 Å². The third kappa shape index (κ3) is 5.99. The van der Waals surface area contributed by atoms with E-state index in [2.05, 4.69) is 5.32 Å². The highest BCUT2D eigenvalue weighted by Crippen LogP contribution is 2.15. The van der Waals surface area contributed by atoms with Gasteiger partial charge in [0.15, 0.2) is 0 Å². The highest BCUT2D eigenvalue weighted by Gasteiger charge is 2.23. The number of nitrogens with one attached hydrogen (secondary N) is 1. The lowest BCUT2D eigenvalue weighted by Crippen LogP contribution is -2.46. The van der Waals surface area contributed by atoms with Gasteiger partial charge < -0.3 is 15.0 Å². The van der Waals surface area contributed by atoms with Crippen molar-refractivity contribution in [3.05, 3.63) is 65.2 Å². The Bertz CT molecular complexity index is 772. The van der Waals surface area contributed by atoms with E-state index < -0.39 is 0 Å². The minimum Gasteiger partial charge on any atom is -0.494 e. The molecule has 0 aliphatic carbocycles. The molecule has 2 amide bonds. The smallest absolute Gasteiger partial charge is 0.251 e. The lowest BCUT2D eigenvalue weighted by molar-refractivity contribution is -0.132. The first-order chi connectivity index (χ1) is 13.6. The zero-order valence-corrected chi connectivity index (χ0v) is 16.5. The van der Waals surface area contributed by atoms with Crippen molar-refractivity contribution < 1.29 is 14.3 Å². The maximum Gasteiger partial charge on any atom is 0.251 e. The van der Waals surface area contributed by atoms with Crippen LogP contribution in [-0.4, -0.2) is 42.5 Å². The van der Waals surface area contributed by atoms with Crippen LogP contribution in [0.3, 0.4) is 0 Å². The maximum absolute atomic E-state index is 12.4. The van der Waals surface area contributed by atoms with Gasteiger partial charge >= 0.3 is 0 Å². The van der Waals surface area contributed by atoms with E-state index >= 15 is 0 Å². The van der Waals surface area contributed by atoms with Crippen molar-refractivity contribution in [2.24, 2.45) is 0 Å². The second-order valence-electron chi connectivity index (χ2n) is 6.90. The fourth-order valence-corrected chi connectivity index (χ4v) is 3.36. The topological polar surface area (TPSA) is 58.6 Å². The average molecular weight is 401 g/mol. The van der Waals surface area contributed by atoms with Crippen LogP contribution in [0.5, 0.6) is 5.75 Å². The number of ether oxygens (including phenoxy) is 1. The van der Waals surface area contributed by atoms with Gasteiger partial charge in [0.1, 0.15) is 5.75 Å². The van der Waals surface area contributed by atoms with Crippen molar-refractivity contribution in [1.29, 1.82) is 0 Å². The molecule has 1 heterocycles. The number of nitrogens with zero attached hydrogens (tertiary/aromatic N) is 1. The van der Waals surface area contributed by atoms with E-state index in [4.69, 9.17) is 16.3 Å². The molecule has 0 unspecified atom stereocenters. The first kappa shape index (κ1) is 20.2. The fraction of sp³-hybridized carbons (Fsp3) is 0.364. The van der Waals surface area contributed by atoms with E-state index in [1.807, 2.05) is 35.2 Å². The minimum atomic E-state index is -0.0977. The molecule has 2 aromatic rings. The van der Waals surface area contributed by atoms with Crippen LogP contribution in [-0.2, 0) is 4.79 Å². The monoisotopic (exact) mass is 400 g/mol. The van der Waals surface area contributed by atoms with Crippen molar-refractivity contribution in [1.82, 2.24) is 10.2 Å². The summed E-state index contributed by atoms with van der Waals surface area (Å²) in [6.45, 7) is 1.87. The molecule has 0 saturated carbocycles. The highest BCUT2D eigenvalue weighted by molar-refractivity contribution is 6.30. The number of para-hydroxylation sites is 1. The second-order valence-corrected chi connectivity index (χ2v) is 7.34. The van der Waals surface area contributed by atoms with Crippen molar-refractivity contribution in [2.45, 2.75) is 31.7 Å². The molecule has 0 atom stereocenters. The van der Waals surface area contributed by atoms with Crippen molar-refractivity contribution in [2.75, 3.05) is 19.7 Å². The second kappa shape index (κ2) is 10.1. The molecular formula is C22H25ClN2O3. The van der Waals surface area contributed by atoms with Crippen LogP contribution in [0.2, 0.25) is 5.02 Å². The summed E-state index contributed by atoms with van der Waals surface area (Å²) in [4.78, 5) is 26.5. The number of benzene rings is 2. The Morgan fingerprint density at radius 2 is 1.71 bits per heavy atom. The minimum absolute atomic E-state index is 0.0913. The molecule has 2 aromatic carbocycles. The van der Waals surface area contributed by atoms with Crippen LogP contribution in [0.15, 0.2) is 54.6 Å². The Hall–Kier alpha value is -2.53. The van der Waals surface area contributed by atoms with E-state index in [0.717, 1.165) is 18.6 Å². The Morgan fingerprint density at radius 1 is 1.04 bits per heavy atom. The number of rotatable bonds is 7. The molecule has 6 heteroatoms. The van der Waals surface area contributed by atoms with Gasteiger partial charge in [0.2, 0.25) is 5.91 Å². The Labute approximate surface area is 170 Å². The first-order valence-electron chi connectivity index (χ1n) is 9.64. The quantitative estimate of drug-likeness (QED) is 0.716. The molecule has 1 saturated heterocycles. The third-order valence-corrected chi connectivity index (χ3v) is 5.09. The van der Waals surface area contributed by atoms with Crippen LogP contribution in [0.25, 0.3) is 0 Å². The van der Waals surface area contributed by atoms with Crippen molar-refractivity contribution in [3.63, 3.8) is 0 Å². The van der Waals surface area contributed by atoms with Gasteiger partial charge in [-0.2, -0.15) is 0 Å². The van der Waals surface area contributed by atoms with Crippen LogP contribution in [0, 0.1) is 0 Å². The summed E-state index contributed by atoms with van der Waals surface area (Å²) >= 11 is 5.85. The maximum atomic E-state index is 12.4. The number of likely N-dealkylation sites (tertiary alicyclic amines) is 1. The van der Waals surface area contributed by atoms with Gasteiger partial charge in [-0.1, -0.05) is 29.8 Å². The molecule has 0 bridgehead atoms. The number of halogens is 1. The standard InChI is InChI=1S/C22H25ClN2O3/c23-18-10-8-17(9-11-18)22(27)24-19-12-14-25(15-13-19)21(26)7-4-16-28-20-5-2-1-3-6-20/h1-3,5-6,8-11,19H,4,7,12-16H2,(H,24,27). The number of carbonyl (C=O) groups is 2. The van der Waals surface area contributed by atoms with E-state index in [1.165, 1.54) is 0 Å². The normalized spacial score (nSPS) is 14.5. The molecule has 1 fully saturated rings. The molecule has 1 N–H and O–H groups in total. The van der Waals surface area contributed by atoms with E-state index in [1.54, 1.807) is 24.3 Å². The van der Waals surface area contributed by atoms with Crippen LogP contribution < -0.4 is 10.1 Å². The van der Waals surface area contributed by atoms with Crippen molar-refractivity contribution >= 4 is 23.4 Å². The fourth-order valence-electron chi connectivity index (χ4n) is 3.23. The first-order valence-corrected chi connectivity index (χ1v) is 10.0. The SMILES string of the molecule is O=C(NC1CCN(C(=O)CCCOc2ccccc2)CC1)c1ccc(Cl)cc1. The number of hydrogen-bond acceptors (Lipinski definition) is 3. The Balaban J connectivity index is 1.34. The third-order valence-electron chi connectivity index (χ3n) is 4.84. The number of carbonyl (C=O) groups excluding carboxylic acids is 2. The molecular weight excluding hydrogens is 376 g/mol. The summed E-state index contributed by atoms with van der Waals surface area (Å²) in [6.07, 6.45) is 2.72. The summed E-state index contributed by atoms with van der Waals surface area (Å²) in [5, 5.41) is 3.65. The van der Waals surface area contributed by atoms with Crippen LogP contribution >= 0.6 is 11.6 Å². The molecule has 1 aliphatic rings. The van der Waals surface area contributed by atoms with E-state index in [9.17, 15) is 9.59 Å². The average Bonchev–Trinajstić information content (AvgIpc) is 2.73. The largest absolute Gasteiger partial charge is 0.494 e. The van der Waals surface area contributed by atoms with Gasteiger partial charge in [-0.05, 0) is 55.7 Å². The van der Waals surface area contributed by atoms with Gasteiger partial charge in [-0.25, -0.2) is 0 Å². The molecule has 3 rings (SSSR count). The van der Waals surface area contributed by atoms with Crippen molar-refractivity contribution in [3.8, 4) is 5.75 Å². The molecule has 5 nitrogen and oxygen atoms in total. The predicted octanol–water partition coefficient (Wildman–Crippen LogP) is 3.92. The van der Waals surface area contributed by atoms with Crippen LogP contribution in [0.1, 0.15) is 36.0 Å². The summed E-state index contributed by atoms with van der Waals surface area (Å²) in [5.74, 6) is 0.880. The van der Waals surface area contributed by atoms with Gasteiger partial charge in [0, 0.05) is 36.1 Å². The number of hydrogen-bond donors (Lipinski definition) is 1. The Morgan fingerprint density at radius 3 is 2.39 bits per heavy atom. The van der Waals surface area contributed by atoms with Gasteiger partial charge in [0.25, 0.3) is 5.91 Å². The molecule has 28 heavy (non-hydrogen) atoms. The molecule has 0 radical (unpaired) electrons. The van der Waals surface area contributed by atoms with Gasteiger partial charge in [-0.3, -0.25) is 9.59 Å². The molecule has 0 aromatic heterocycles.